The number of halogens is 1. The molecule has 0 bridgehead atoms. The van der Waals surface area contributed by atoms with Gasteiger partial charge in [-0.05, 0) is 37.3 Å². The first-order valence-electron chi connectivity index (χ1n) is 6.87. The minimum absolute atomic E-state index is 0.0358. The molecule has 1 amide bonds. The minimum Gasteiger partial charge on any atom is -0.496 e. The van der Waals surface area contributed by atoms with Crippen molar-refractivity contribution in [3.63, 3.8) is 0 Å². The Morgan fingerprint density at radius 2 is 1.91 bits per heavy atom. The Hall–Kier alpha value is -2.20. The van der Waals surface area contributed by atoms with Gasteiger partial charge in [0.25, 0.3) is 5.91 Å². The summed E-state index contributed by atoms with van der Waals surface area (Å²) in [5.74, 6) is 1.15. The molecule has 0 aliphatic carbocycles. The van der Waals surface area contributed by atoms with E-state index >= 15 is 0 Å². The highest BCUT2D eigenvalue weighted by Gasteiger charge is 2.07. The summed E-state index contributed by atoms with van der Waals surface area (Å²) < 4.78 is 10.7. The van der Waals surface area contributed by atoms with Gasteiger partial charge in [-0.1, -0.05) is 29.3 Å². The Kier molecular flexibility index (Phi) is 5.67. The van der Waals surface area contributed by atoms with Crippen LogP contribution in [0.15, 0.2) is 42.5 Å². The van der Waals surface area contributed by atoms with Crippen LogP contribution in [0.3, 0.4) is 0 Å². The molecule has 116 valence electrons. The van der Waals surface area contributed by atoms with Gasteiger partial charge in [0, 0.05) is 17.1 Å². The van der Waals surface area contributed by atoms with Crippen LogP contribution in [0, 0.1) is 6.92 Å². The van der Waals surface area contributed by atoms with E-state index in [1.165, 1.54) is 0 Å². The molecular formula is C17H18ClNO3. The molecule has 0 atom stereocenters. The van der Waals surface area contributed by atoms with Crippen molar-refractivity contribution in [2.75, 3.05) is 13.7 Å². The van der Waals surface area contributed by atoms with Crippen molar-refractivity contribution < 1.29 is 14.3 Å². The lowest BCUT2D eigenvalue weighted by molar-refractivity contribution is -0.123. The predicted molar refractivity (Wildman–Crippen MR) is 86.5 cm³/mol. The fraction of sp³-hybridized carbons (Fsp3) is 0.235. The lowest BCUT2D eigenvalue weighted by Gasteiger charge is -2.11. The first-order valence-corrected chi connectivity index (χ1v) is 7.25. The van der Waals surface area contributed by atoms with Crippen LogP contribution in [-0.4, -0.2) is 19.6 Å². The highest BCUT2D eigenvalue weighted by molar-refractivity contribution is 6.30. The van der Waals surface area contributed by atoms with Gasteiger partial charge in [0.15, 0.2) is 6.61 Å². The van der Waals surface area contributed by atoms with Gasteiger partial charge in [-0.3, -0.25) is 4.79 Å². The van der Waals surface area contributed by atoms with Crippen LogP contribution in [0.2, 0.25) is 5.02 Å². The van der Waals surface area contributed by atoms with E-state index in [-0.39, 0.29) is 12.5 Å². The van der Waals surface area contributed by atoms with E-state index in [0.29, 0.717) is 23.1 Å². The van der Waals surface area contributed by atoms with Crippen molar-refractivity contribution in [1.29, 1.82) is 0 Å². The van der Waals surface area contributed by atoms with Crippen LogP contribution in [0.4, 0.5) is 0 Å². The fourth-order valence-corrected chi connectivity index (χ4v) is 2.11. The molecule has 0 unspecified atom stereocenters. The predicted octanol–water partition coefficient (Wildman–Crippen LogP) is 3.35. The second-order valence-corrected chi connectivity index (χ2v) is 5.27. The summed E-state index contributed by atoms with van der Waals surface area (Å²) in [6.07, 6.45) is 0. The molecule has 0 aliphatic rings. The van der Waals surface area contributed by atoms with E-state index in [9.17, 15) is 4.79 Å². The molecule has 0 heterocycles. The zero-order valence-electron chi connectivity index (χ0n) is 12.6. The maximum absolute atomic E-state index is 11.8. The number of rotatable bonds is 6. The van der Waals surface area contributed by atoms with E-state index in [1.54, 1.807) is 25.3 Å². The van der Waals surface area contributed by atoms with Crippen molar-refractivity contribution in [2.24, 2.45) is 0 Å². The first kappa shape index (κ1) is 16.2. The van der Waals surface area contributed by atoms with Gasteiger partial charge in [0.2, 0.25) is 0 Å². The van der Waals surface area contributed by atoms with Gasteiger partial charge in [-0.2, -0.15) is 0 Å². The largest absolute Gasteiger partial charge is 0.496 e. The molecule has 0 aliphatic heterocycles. The van der Waals surface area contributed by atoms with Gasteiger partial charge < -0.3 is 14.8 Å². The van der Waals surface area contributed by atoms with E-state index in [0.717, 1.165) is 11.1 Å². The Balaban J connectivity index is 1.85. The molecule has 1 N–H and O–H groups in total. The molecule has 2 aromatic rings. The summed E-state index contributed by atoms with van der Waals surface area (Å²) in [5.41, 5.74) is 1.96. The molecule has 0 saturated heterocycles. The Labute approximate surface area is 135 Å². The van der Waals surface area contributed by atoms with Crippen molar-refractivity contribution in [3.8, 4) is 11.5 Å². The number of carbonyl (C=O) groups is 1. The van der Waals surface area contributed by atoms with Gasteiger partial charge >= 0.3 is 0 Å². The third kappa shape index (κ3) is 4.67. The molecular weight excluding hydrogens is 302 g/mol. The van der Waals surface area contributed by atoms with Crippen molar-refractivity contribution in [3.05, 3.63) is 58.6 Å². The highest BCUT2D eigenvalue weighted by atomic mass is 35.5. The Morgan fingerprint density at radius 1 is 1.18 bits per heavy atom. The van der Waals surface area contributed by atoms with E-state index in [2.05, 4.69) is 5.32 Å². The van der Waals surface area contributed by atoms with Crippen LogP contribution in [0.5, 0.6) is 11.5 Å². The number of ether oxygens (including phenoxy) is 2. The number of amides is 1. The molecule has 0 aromatic heterocycles. The Morgan fingerprint density at radius 3 is 2.59 bits per heavy atom. The third-order valence-corrected chi connectivity index (χ3v) is 3.34. The number of aryl methyl sites for hydroxylation is 1. The molecule has 0 radical (unpaired) electrons. The van der Waals surface area contributed by atoms with E-state index in [1.807, 2.05) is 31.2 Å². The average molecular weight is 320 g/mol. The molecule has 2 rings (SSSR count). The monoisotopic (exact) mass is 319 g/mol. The zero-order chi connectivity index (χ0) is 15.9. The van der Waals surface area contributed by atoms with E-state index in [4.69, 9.17) is 21.1 Å². The number of carbonyl (C=O) groups excluding carboxylic acids is 1. The van der Waals surface area contributed by atoms with Crippen LogP contribution in [0.25, 0.3) is 0 Å². The maximum Gasteiger partial charge on any atom is 0.258 e. The normalized spacial score (nSPS) is 10.1. The molecule has 22 heavy (non-hydrogen) atoms. The lowest BCUT2D eigenvalue weighted by atomic mass is 10.2. The minimum atomic E-state index is -0.206. The van der Waals surface area contributed by atoms with Gasteiger partial charge in [0.05, 0.1) is 7.11 Å². The summed E-state index contributed by atoms with van der Waals surface area (Å²) in [4.78, 5) is 11.8. The molecule has 0 spiro atoms. The Bertz CT molecular complexity index is 641. The van der Waals surface area contributed by atoms with Gasteiger partial charge in [-0.15, -0.1) is 0 Å². The van der Waals surface area contributed by atoms with Gasteiger partial charge in [-0.25, -0.2) is 0 Å². The standard InChI is InChI=1S/C17H18ClNO3/c1-12-3-6-15(7-4-12)22-11-17(20)19-10-13-9-14(18)5-8-16(13)21-2/h3-9H,10-11H2,1-2H3,(H,19,20). The van der Waals surface area contributed by atoms with Crippen molar-refractivity contribution in [2.45, 2.75) is 13.5 Å². The molecule has 0 fully saturated rings. The smallest absolute Gasteiger partial charge is 0.258 e. The third-order valence-electron chi connectivity index (χ3n) is 3.11. The summed E-state index contributed by atoms with van der Waals surface area (Å²) in [6, 6.07) is 12.8. The van der Waals surface area contributed by atoms with Crippen molar-refractivity contribution >= 4 is 17.5 Å². The lowest BCUT2D eigenvalue weighted by Crippen LogP contribution is -2.28. The number of nitrogens with one attached hydrogen (secondary N) is 1. The fourth-order valence-electron chi connectivity index (χ4n) is 1.91. The molecule has 2 aromatic carbocycles. The number of methoxy groups -OCH3 is 1. The van der Waals surface area contributed by atoms with Crippen LogP contribution in [-0.2, 0) is 11.3 Å². The topological polar surface area (TPSA) is 47.6 Å². The number of benzene rings is 2. The van der Waals surface area contributed by atoms with Crippen molar-refractivity contribution in [1.82, 2.24) is 5.32 Å². The SMILES string of the molecule is COc1ccc(Cl)cc1CNC(=O)COc1ccc(C)cc1. The van der Waals surface area contributed by atoms with Crippen LogP contribution < -0.4 is 14.8 Å². The summed E-state index contributed by atoms with van der Waals surface area (Å²) in [5, 5.41) is 3.38. The summed E-state index contributed by atoms with van der Waals surface area (Å²) in [7, 11) is 1.58. The zero-order valence-corrected chi connectivity index (χ0v) is 13.3. The molecule has 0 saturated carbocycles. The van der Waals surface area contributed by atoms with Crippen LogP contribution in [0.1, 0.15) is 11.1 Å². The first-order chi connectivity index (χ1) is 10.6. The molecule has 5 heteroatoms. The average Bonchev–Trinajstić information content (AvgIpc) is 2.52. The van der Waals surface area contributed by atoms with Gasteiger partial charge in [0.1, 0.15) is 11.5 Å². The number of hydrogen-bond donors (Lipinski definition) is 1. The van der Waals surface area contributed by atoms with Crippen LogP contribution >= 0.6 is 11.6 Å². The highest BCUT2D eigenvalue weighted by Crippen LogP contribution is 2.22. The van der Waals surface area contributed by atoms with E-state index < -0.39 is 0 Å². The summed E-state index contributed by atoms with van der Waals surface area (Å²) in [6.45, 7) is 2.29. The quantitative estimate of drug-likeness (QED) is 0.888. The second kappa shape index (κ2) is 7.71. The second-order valence-electron chi connectivity index (χ2n) is 4.83. The maximum atomic E-state index is 11.8. The summed E-state index contributed by atoms with van der Waals surface area (Å²) >= 11 is 5.95. The molecule has 4 nitrogen and oxygen atoms in total. The number of hydrogen-bond acceptors (Lipinski definition) is 3.